The van der Waals surface area contributed by atoms with E-state index in [0.717, 1.165) is 5.56 Å². The fraction of sp³-hybridized carbons (Fsp3) is 0.357. The van der Waals surface area contributed by atoms with Crippen LogP contribution in [0.4, 0.5) is 5.69 Å². The van der Waals surface area contributed by atoms with E-state index in [2.05, 4.69) is 21.0 Å². The van der Waals surface area contributed by atoms with E-state index in [4.69, 9.17) is 0 Å². The van der Waals surface area contributed by atoms with Crippen LogP contribution in [0.2, 0.25) is 0 Å². The summed E-state index contributed by atoms with van der Waals surface area (Å²) in [6, 6.07) is 9.87. The van der Waals surface area contributed by atoms with E-state index in [0.29, 0.717) is 24.2 Å². The molecule has 0 bridgehead atoms. The number of benzene rings is 1. The third kappa shape index (κ3) is 2.90. The first-order valence-electron chi connectivity index (χ1n) is 6.42. The molecule has 1 aromatic heterocycles. The van der Waals surface area contributed by atoms with Crippen molar-refractivity contribution in [2.24, 2.45) is 7.05 Å². The largest absolute Gasteiger partial charge is 0.313 e. The summed E-state index contributed by atoms with van der Waals surface area (Å²) in [6.45, 7) is 1.88. The third-order valence-electron chi connectivity index (χ3n) is 3.26. The molecule has 1 heterocycles. The highest BCUT2D eigenvalue weighted by atomic mass is 79.9. The Morgan fingerprint density at radius 3 is 2.60 bits per heavy atom. The minimum atomic E-state index is -0.328. The monoisotopic (exact) mass is 337 g/mol. The summed E-state index contributed by atoms with van der Waals surface area (Å²) >= 11 is 3.61. The van der Waals surface area contributed by atoms with Gasteiger partial charge in [-0.2, -0.15) is 5.10 Å². The molecular weight excluding hydrogens is 322 g/mol. The lowest BCUT2D eigenvalue weighted by Gasteiger charge is -2.09. The average molecular weight is 338 g/mol. The van der Waals surface area contributed by atoms with Gasteiger partial charge in [0.2, 0.25) is 0 Å². The number of hydrogen-bond acceptors (Lipinski definition) is 3. The summed E-state index contributed by atoms with van der Waals surface area (Å²) < 4.78 is 1.62. The molecule has 20 heavy (non-hydrogen) atoms. The Balaban J connectivity index is 2.34. The summed E-state index contributed by atoms with van der Waals surface area (Å²) in [5.41, 5.74) is 2.44. The van der Waals surface area contributed by atoms with Crippen molar-refractivity contribution >= 4 is 21.6 Å². The van der Waals surface area contributed by atoms with E-state index in [1.54, 1.807) is 11.7 Å². The summed E-state index contributed by atoms with van der Waals surface area (Å²) in [7, 11) is 1.76. The highest BCUT2D eigenvalue weighted by Gasteiger charge is 2.27. The number of aromatic nitrogens is 2. The zero-order valence-corrected chi connectivity index (χ0v) is 13.0. The van der Waals surface area contributed by atoms with Crippen molar-refractivity contribution in [2.75, 3.05) is 0 Å². The molecule has 0 fully saturated rings. The molecule has 0 N–H and O–H groups in total. The van der Waals surface area contributed by atoms with Gasteiger partial charge in [0.1, 0.15) is 11.4 Å². The Bertz CT molecular complexity index is 610. The molecule has 0 spiro atoms. The van der Waals surface area contributed by atoms with Crippen molar-refractivity contribution in [2.45, 2.75) is 24.6 Å². The van der Waals surface area contributed by atoms with Gasteiger partial charge < -0.3 is 0 Å². The third-order valence-corrected chi connectivity index (χ3v) is 4.11. The number of halogens is 1. The molecule has 1 aromatic carbocycles. The molecule has 1 unspecified atom stereocenters. The molecule has 2 aromatic rings. The van der Waals surface area contributed by atoms with Crippen LogP contribution in [0.3, 0.4) is 0 Å². The Kier molecular flexibility index (Phi) is 4.54. The van der Waals surface area contributed by atoms with Crippen LogP contribution in [-0.2, 0) is 19.9 Å². The van der Waals surface area contributed by atoms with Crippen molar-refractivity contribution in [1.29, 1.82) is 0 Å². The van der Waals surface area contributed by atoms with E-state index in [1.165, 1.54) is 0 Å². The van der Waals surface area contributed by atoms with Gasteiger partial charge in [0.15, 0.2) is 0 Å². The highest BCUT2D eigenvalue weighted by molar-refractivity contribution is 9.09. The number of nitro groups is 1. The zero-order chi connectivity index (χ0) is 14.7. The van der Waals surface area contributed by atoms with Crippen LogP contribution in [0.1, 0.15) is 28.7 Å². The summed E-state index contributed by atoms with van der Waals surface area (Å²) in [6.07, 6.45) is 1.09. The molecule has 1 atom stereocenters. The van der Waals surface area contributed by atoms with E-state index in [9.17, 15) is 10.1 Å². The lowest BCUT2D eigenvalue weighted by molar-refractivity contribution is -0.386. The fourth-order valence-electron chi connectivity index (χ4n) is 2.24. The van der Waals surface area contributed by atoms with E-state index < -0.39 is 0 Å². The van der Waals surface area contributed by atoms with Gasteiger partial charge in [-0.05, 0) is 12.0 Å². The molecule has 0 aliphatic carbocycles. The van der Waals surface area contributed by atoms with Crippen LogP contribution in [0.15, 0.2) is 30.3 Å². The van der Waals surface area contributed by atoms with Crippen LogP contribution >= 0.6 is 15.9 Å². The van der Waals surface area contributed by atoms with Crippen molar-refractivity contribution in [3.05, 3.63) is 57.4 Å². The van der Waals surface area contributed by atoms with Gasteiger partial charge >= 0.3 is 5.69 Å². The number of nitrogens with zero attached hydrogens (tertiary/aromatic N) is 3. The van der Waals surface area contributed by atoms with Crippen molar-refractivity contribution < 1.29 is 4.92 Å². The van der Waals surface area contributed by atoms with Crippen LogP contribution in [0.25, 0.3) is 0 Å². The molecular formula is C14H16BrN3O2. The van der Waals surface area contributed by atoms with Gasteiger partial charge in [0.05, 0.1) is 4.92 Å². The normalized spacial score (nSPS) is 12.3. The topological polar surface area (TPSA) is 61.0 Å². The minimum Gasteiger partial charge on any atom is -0.265 e. The lowest BCUT2D eigenvalue weighted by Crippen LogP contribution is -2.04. The number of alkyl halides is 1. The quantitative estimate of drug-likeness (QED) is 0.476. The van der Waals surface area contributed by atoms with Crippen molar-refractivity contribution in [3.8, 4) is 0 Å². The Labute approximate surface area is 125 Å². The van der Waals surface area contributed by atoms with Gasteiger partial charge in [0.25, 0.3) is 0 Å². The molecule has 0 saturated carbocycles. The smallest absolute Gasteiger partial charge is 0.265 e. The van der Waals surface area contributed by atoms with Crippen molar-refractivity contribution in [3.63, 3.8) is 0 Å². The van der Waals surface area contributed by atoms with Gasteiger partial charge in [-0.25, -0.2) is 0 Å². The minimum absolute atomic E-state index is 0.0301. The maximum Gasteiger partial charge on any atom is 0.313 e. The van der Waals surface area contributed by atoms with Crippen LogP contribution < -0.4 is 0 Å². The lowest BCUT2D eigenvalue weighted by atomic mass is 10.1. The molecule has 6 heteroatoms. The Hall–Kier alpha value is -1.69. The molecule has 5 nitrogen and oxygen atoms in total. The summed E-state index contributed by atoms with van der Waals surface area (Å²) in [4.78, 5) is 11.0. The second-order valence-corrected chi connectivity index (χ2v) is 5.66. The molecule has 106 valence electrons. The maximum atomic E-state index is 11.3. The number of rotatable bonds is 5. The molecule has 0 radical (unpaired) electrons. The van der Waals surface area contributed by atoms with Crippen LogP contribution in [0, 0.1) is 10.1 Å². The van der Waals surface area contributed by atoms with E-state index in [-0.39, 0.29) is 15.4 Å². The molecule has 0 aliphatic heterocycles. The summed E-state index contributed by atoms with van der Waals surface area (Å²) in [5, 5.41) is 15.5. The van der Waals surface area contributed by atoms with Gasteiger partial charge in [0, 0.05) is 18.3 Å². The zero-order valence-electron chi connectivity index (χ0n) is 11.4. The first-order valence-corrected chi connectivity index (χ1v) is 7.34. The second kappa shape index (κ2) is 6.17. The number of hydrogen-bond donors (Lipinski definition) is 0. The van der Waals surface area contributed by atoms with Gasteiger partial charge in [-0.1, -0.05) is 53.2 Å². The number of aryl methyl sites for hydroxylation is 2. The molecule has 2 rings (SSSR count). The predicted molar refractivity (Wildman–Crippen MR) is 81.1 cm³/mol. The van der Waals surface area contributed by atoms with Gasteiger partial charge in [-0.15, -0.1) is 0 Å². The molecule has 0 amide bonds. The van der Waals surface area contributed by atoms with Crippen LogP contribution in [0.5, 0.6) is 0 Å². The fourth-order valence-corrected chi connectivity index (χ4v) is 2.85. The van der Waals surface area contributed by atoms with Gasteiger partial charge in [-0.3, -0.25) is 14.8 Å². The predicted octanol–water partition coefficient (Wildman–Crippen LogP) is 3.57. The first kappa shape index (κ1) is 14.7. The standard InChI is InChI=1S/C14H16BrN3O2/c1-3-12-14(18(19)20)13(17(2)16-12)9-11(15)10-7-5-4-6-8-10/h4-8,11H,3,9H2,1-2H3. The second-order valence-electron chi connectivity index (χ2n) is 4.56. The SMILES string of the molecule is CCc1nn(C)c(CC(Br)c2ccccc2)c1[N+](=O)[O-]. The summed E-state index contributed by atoms with van der Waals surface area (Å²) in [5.74, 6) is 0. The maximum absolute atomic E-state index is 11.3. The Morgan fingerprint density at radius 2 is 2.05 bits per heavy atom. The molecule has 0 aliphatic rings. The van der Waals surface area contributed by atoms with Crippen LogP contribution in [-0.4, -0.2) is 14.7 Å². The average Bonchev–Trinajstić information content (AvgIpc) is 2.76. The van der Waals surface area contributed by atoms with E-state index >= 15 is 0 Å². The van der Waals surface area contributed by atoms with E-state index in [1.807, 2.05) is 37.3 Å². The highest BCUT2D eigenvalue weighted by Crippen LogP contribution is 2.32. The molecule has 0 saturated heterocycles. The van der Waals surface area contributed by atoms with Crippen molar-refractivity contribution in [1.82, 2.24) is 9.78 Å². The first-order chi connectivity index (χ1) is 9.54. The Morgan fingerprint density at radius 1 is 1.40 bits per heavy atom.